The van der Waals surface area contributed by atoms with Gasteiger partial charge in [-0.25, -0.2) is 4.79 Å². The summed E-state index contributed by atoms with van der Waals surface area (Å²) in [6, 6.07) is 7.02. The lowest BCUT2D eigenvalue weighted by Crippen LogP contribution is -2.42. The number of carbonyl (C=O) groups excluding carboxylic acids is 1. The van der Waals surface area contributed by atoms with E-state index in [0.717, 1.165) is 31.8 Å². The number of likely N-dealkylation sites (tertiary alicyclic amines) is 1. The molecule has 1 fully saturated rings. The van der Waals surface area contributed by atoms with Crippen molar-refractivity contribution in [2.24, 2.45) is 0 Å². The van der Waals surface area contributed by atoms with E-state index in [1.165, 1.54) is 0 Å². The Kier molecular flexibility index (Phi) is 5.47. The molecule has 2 heterocycles. The fourth-order valence-electron chi connectivity index (χ4n) is 3.15. The average molecular weight is 361 g/mol. The quantitative estimate of drug-likeness (QED) is 0.907. The summed E-state index contributed by atoms with van der Waals surface area (Å²) in [5.41, 5.74) is 0.663. The van der Waals surface area contributed by atoms with E-state index in [4.69, 9.17) is 0 Å². The number of anilines is 1. The Morgan fingerprint density at radius 2 is 2.28 bits per heavy atom. The van der Waals surface area contributed by atoms with Crippen molar-refractivity contribution >= 4 is 22.5 Å². The fourth-order valence-corrected chi connectivity index (χ4v) is 3.71. The number of aromatic nitrogens is 3. The van der Waals surface area contributed by atoms with Crippen LogP contribution in [0.3, 0.4) is 0 Å². The fraction of sp³-hybridized carbons (Fsp3) is 0.471. The van der Waals surface area contributed by atoms with Gasteiger partial charge in [0.25, 0.3) is 0 Å². The molecule has 8 heteroatoms. The lowest BCUT2D eigenvalue weighted by atomic mass is 9.97. The highest BCUT2D eigenvalue weighted by molar-refractivity contribution is 7.84. The molecule has 1 N–H and O–H groups in total. The number of nitrogens with one attached hydrogen (secondary N) is 1. The van der Waals surface area contributed by atoms with Gasteiger partial charge in [0, 0.05) is 53.2 Å². The van der Waals surface area contributed by atoms with Crippen LogP contribution in [0.2, 0.25) is 0 Å². The van der Waals surface area contributed by atoms with Crippen LogP contribution in [-0.2, 0) is 17.3 Å². The zero-order chi connectivity index (χ0) is 17.8. The molecule has 0 unspecified atom stereocenters. The summed E-state index contributed by atoms with van der Waals surface area (Å²) in [5, 5.41) is 11.1. The molecule has 1 aromatic heterocycles. The Morgan fingerprint density at radius 3 is 3.04 bits per heavy atom. The van der Waals surface area contributed by atoms with Gasteiger partial charge in [0.05, 0.1) is 0 Å². The second-order valence-corrected chi connectivity index (χ2v) is 7.55. The summed E-state index contributed by atoms with van der Waals surface area (Å²) < 4.78 is 13.6. The van der Waals surface area contributed by atoms with Crippen LogP contribution in [0, 0.1) is 0 Å². The predicted molar refractivity (Wildman–Crippen MR) is 97.0 cm³/mol. The van der Waals surface area contributed by atoms with Gasteiger partial charge in [-0.1, -0.05) is 6.07 Å². The Hall–Kier alpha value is -2.22. The molecule has 1 aromatic carbocycles. The van der Waals surface area contributed by atoms with Gasteiger partial charge >= 0.3 is 6.03 Å². The molecule has 1 saturated heterocycles. The number of benzene rings is 1. The number of piperidine rings is 1. The molecule has 0 saturated carbocycles. The molecule has 2 aromatic rings. The summed E-state index contributed by atoms with van der Waals surface area (Å²) in [7, 11) is -1.07. The maximum absolute atomic E-state index is 12.6. The maximum Gasteiger partial charge on any atom is 0.321 e. The number of aryl methyl sites for hydroxylation is 1. The van der Waals surface area contributed by atoms with Crippen LogP contribution in [0.1, 0.15) is 31.5 Å². The Labute approximate surface area is 149 Å². The Bertz CT molecular complexity index is 776. The second-order valence-electron chi connectivity index (χ2n) is 6.17. The number of urea groups is 1. The minimum absolute atomic E-state index is 0.133. The van der Waals surface area contributed by atoms with Crippen LogP contribution in [0.25, 0.3) is 0 Å². The zero-order valence-corrected chi connectivity index (χ0v) is 15.3. The van der Waals surface area contributed by atoms with Crippen molar-refractivity contribution in [1.82, 2.24) is 19.7 Å². The number of hydrogen-bond donors (Lipinski definition) is 1. The van der Waals surface area contributed by atoms with Gasteiger partial charge < -0.3 is 14.8 Å². The van der Waals surface area contributed by atoms with Crippen LogP contribution >= 0.6 is 0 Å². The standard InChI is InChI=1S/C17H23N5O2S/c1-3-21-12-18-20-16(21)13-6-5-9-22(11-13)17(23)19-14-7-4-8-15(10-14)25(2)24/h4,7-8,10,12-13H,3,5-6,9,11H2,1-2H3,(H,19,23)/t13-,25+/m1/s1. The normalized spacial score (nSPS) is 18.8. The Balaban J connectivity index is 1.68. The first-order valence-corrected chi connectivity index (χ1v) is 10.0. The van der Waals surface area contributed by atoms with Crippen LogP contribution in [0.5, 0.6) is 0 Å². The van der Waals surface area contributed by atoms with Crippen LogP contribution in [0.15, 0.2) is 35.5 Å². The van der Waals surface area contributed by atoms with Crippen LogP contribution in [-0.4, -0.2) is 49.2 Å². The van der Waals surface area contributed by atoms with Crippen molar-refractivity contribution in [3.8, 4) is 0 Å². The summed E-state index contributed by atoms with van der Waals surface area (Å²) in [6.07, 6.45) is 5.31. The third-order valence-corrected chi connectivity index (χ3v) is 5.39. The molecule has 25 heavy (non-hydrogen) atoms. The molecule has 0 aliphatic carbocycles. The molecule has 2 atom stereocenters. The van der Waals surface area contributed by atoms with Gasteiger partial charge in [-0.2, -0.15) is 0 Å². The largest absolute Gasteiger partial charge is 0.324 e. The third-order valence-electron chi connectivity index (χ3n) is 4.48. The zero-order valence-electron chi connectivity index (χ0n) is 14.5. The number of hydrogen-bond acceptors (Lipinski definition) is 4. The van der Waals surface area contributed by atoms with Gasteiger partial charge in [-0.05, 0) is 38.0 Å². The average Bonchev–Trinajstić information content (AvgIpc) is 3.11. The van der Waals surface area contributed by atoms with Crippen LogP contribution < -0.4 is 5.32 Å². The number of amides is 2. The van der Waals surface area contributed by atoms with Crippen molar-refractivity contribution in [2.45, 2.75) is 37.1 Å². The molecule has 134 valence electrons. The van der Waals surface area contributed by atoms with E-state index in [0.29, 0.717) is 17.1 Å². The smallest absolute Gasteiger partial charge is 0.321 e. The van der Waals surface area contributed by atoms with Crippen molar-refractivity contribution < 1.29 is 9.00 Å². The van der Waals surface area contributed by atoms with Crippen molar-refractivity contribution in [3.05, 3.63) is 36.4 Å². The first-order valence-electron chi connectivity index (χ1n) is 8.45. The molecular formula is C17H23N5O2S. The van der Waals surface area contributed by atoms with Crippen molar-refractivity contribution in [2.75, 3.05) is 24.7 Å². The molecule has 0 bridgehead atoms. The molecule has 7 nitrogen and oxygen atoms in total. The van der Waals surface area contributed by atoms with Crippen LogP contribution in [0.4, 0.5) is 10.5 Å². The molecule has 3 rings (SSSR count). The highest BCUT2D eigenvalue weighted by atomic mass is 32.2. The topological polar surface area (TPSA) is 80.1 Å². The molecule has 1 aliphatic heterocycles. The van der Waals surface area contributed by atoms with E-state index >= 15 is 0 Å². The molecular weight excluding hydrogens is 338 g/mol. The van der Waals surface area contributed by atoms with Gasteiger partial charge in [0.2, 0.25) is 0 Å². The first-order chi connectivity index (χ1) is 12.1. The van der Waals surface area contributed by atoms with E-state index in [9.17, 15) is 9.00 Å². The van der Waals surface area contributed by atoms with Crippen molar-refractivity contribution in [3.63, 3.8) is 0 Å². The van der Waals surface area contributed by atoms with E-state index < -0.39 is 10.8 Å². The predicted octanol–water partition coefficient (Wildman–Crippen LogP) is 2.45. The lowest BCUT2D eigenvalue weighted by Gasteiger charge is -2.32. The van der Waals surface area contributed by atoms with E-state index in [-0.39, 0.29) is 11.9 Å². The highest BCUT2D eigenvalue weighted by Crippen LogP contribution is 2.26. The van der Waals surface area contributed by atoms with Gasteiger partial charge in [-0.3, -0.25) is 4.21 Å². The SMILES string of the molecule is CCn1cnnc1[C@@H]1CCCN(C(=O)Nc2cccc([S@](C)=O)c2)C1. The highest BCUT2D eigenvalue weighted by Gasteiger charge is 2.27. The van der Waals surface area contributed by atoms with Gasteiger partial charge in [0.1, 0.15) is 12.2 Å². The van der Waals surface area contributed by atoms with Gasteiger partial charge in [-0.15, -0.1) is 10.2 Å². The minimum atomic E-state index is -1.07. The number of carbonyl (C=O) groups is 1. The first kappa shape index (κ1) is 17.6. The number of rotatable bonds is 4. The minimum Gasteiger partial charge on any atom is -0.324 e. The molecule has 0 spiro atoms. The Morgan fingerprint density at radius 1 is 1.44 bits per heavy atom. The van der Waals surface area contributed by atoms with E-state index in [1.807, 2.05) is 15.5 Å². The second kappa shape index (κ2) is 7.77. The summed E-state index contributed by atoms with van der Waals surface area (Å²) in [4.78, 5) is 15.1. The number of nitrogens with zero attached hydrogens (tertiary/aromatic N) is 4. The lowest BCUT2D eigenvalue weighted by molar-refractivity contribution is 0.190. The maximum atomic E-state index is 12.6. The summed E-state index contributed by atoms with van der Waals surface area (Å²) in [6.45, 7) is 4.24. The van der Waals surface area contributed by atoms with E-state index in [2.05, 4.69) is 22.4 Å². The van der Waals surface area contributed by atoms with E-state index in [1.54, 1.807) is 30.8 Å². The van der Waals surface area contributed by atoms with Gasteiger partial charge in [0.15, 0.2) is 0 Å². The summed E-state index contributed by atoms with van der Waals surface area (Å²) in [5.74, 6) is 1.15. The van der Waals surface area contributed by atoms with Crippen molar-refractivity contribution in [1.29, 1.82) is 0 Å². The summed E-state index contributed by atoms with van der Waals surface area (Å²) >= 11 is 0. The molecule has 1 aliphatic rings. The third kappa shape index (κ3) is 4.07. The monoisotopic (exact) mass is 361 g/mol. The molecule has 2 amide bonds. The molecule has 0 radical (unpaired) electrons.